The second-order valence-electron chi connectivity index (χ2n) is 6.23. The fourth-order valence-corrected chi connectivity index (χ4v) is 3.07. The number of aromatic nitrogens is 3. The number of nitrogens with one attached hydrogen (secondary N) is 1. The Kier molecular flexibility index (Phi) is 4.93. The van der Waals surface area contributed by atoms with Crippen LogP contribution in [-0.2, 0) is 0 Å². The van der Waals surface area contributed by atoms with E-state index in [-0.39, 0.29) is 22.6 Å². The van der Waals surface area contributed by atoms with Gasteiger partial charge in [0.25, 0.3) is 5.56 Å². The summed E-state index contributed by atoms with van der Waals surface area (Å²) in [7, 11) is 4.46. The Morgan fingerprint density at radius 1 is 0.967 bits per heavy atom. The van der Waals surface area contributed by atoms with E-state index < -0.39 is 11.3 Å². The third-order valence-electron chi connectivity index (χ3n) is 4.52. The molecular weight excluding hydrogens is 390 g/mol. The maximum Gasteiger partial charge on any atom is 0.281 e. The van der Waals surface area contributed by atoms with Crippen LogP contribution in [-0.4, -0.2) is 42.2 Å². The maximum absolute atomic E-state index is 12.8. The average Bonchev–Trinajstić information content (AvgIpc) is 3.22. The minimum Gasteiger partial charge on any atom is -0.493 e. The van der Waals surface area contributed by atoms with Crippen LogP contribution in [0.25, 0.3) is 22.4 Å². The van der Waals surface area contributed by atoms with Gasteiger partial charge in [0.05, 0.1) is 21.3 Å². The molecule has 0 radical (unpaired) electrons. The first kappa shape index (κ1) is 19.2. The molecular formula is C21H17N3O6. The highest BCUT2D eigenvalue weighted by Gasteiger charge is 2.23. The normalized spacial score (nSPS) is 10.8. The van der Waals surface area contributed by atoms with Crippen LogP contribution < -0.4 is 19.8 Å². The minimum atomic E-state index is -0.542. The SMILES string of the molecule is COc1cc(-c2nc3c(C(=O)c4ccccc4)onc3c(=O)[nH]2)cc(OC)c1OC. The molecule has 152 valence electrons. The molecule has 2 aromatic carbocycles. The lowest BCUT2D eigenvalue weighted by atomic mass is 10.1. The number of rotatable bonds is 6. The molecule has 1 N–H and O–H groups in total. The summed E-state index contributed by atoms with van der Waals surface area (Å²) in [5, 5.41) is 3.72. The molecule has 0 unspecified atom stereocenters. The molecule has 0 bridgehead atoms. The monoisotopic (exact) mass is 407 g/mol. The van der Waals surface area contributed by atoms with E-state index >= 15 is 0 Å². The summed E-state index contributed by atoms with van der Waals surface area (Å²) in [6, 6.07) is 11.8. The van der Waals surface area contributed by atoms with Gasteiger partial charge in [-0.2, -0.15) is 0 Å². The molecule has 0 spiro atoms. The number of fused-ring (bicyclic) bond motifs is 1. The van der Waals surface area contributed by atoms with Crippen molar-refractivity contribution in [3.05, 3.63) is 64.1 Å². The van der Waals surface area contributed by atoms with Crippen LogP contribution in [0.5, 0.6) is 17.2 Å². The zero-order chi connectivity index (χ0) is 21.3. The van der Waals surface area contributed by atoms with Crippen LogP contribution >= 0.6 is 0 Å². The van der Waals surface area contributed by atoms with Crippen LogP contribution in [0.4, 0.5) is 0 Å². The van der Waals surface area contributed by atoms with Gasteiger partial charge in [0.1, 0.15) is 11.3 Å². The predicted molar refractivity (Wildman–Crippen MR) is 107 cm³/mol. The number of hydrogen-bond acceptors (Lipinski definition) is 8. The van der Waals surface area contributed by atoms with Gasteiger partial charge >= 0.3 is 0 Å². The summed E-state index contributed by atoms with van der Waals surface area (Å²) in [4.78, 5) is 32.5. The van der Waals surface area contributed by atoms with E-state index in [1.165, 1.54) is 21.3 Å². The van der Waals surface area contributed by atoms with E-state index in [1.54, 1.807) is 42.5 Å². The van der Waals surface area contributed by atoms with Crippen molar-refractivity contribution in [2.24, 2.45) is 0 Å². The predicted octanol–water partition coefficient (Wildman–Crippen LogP) is 2.83. The summed E-state index contributed by atoms with van der Waals surface area (Å²) in [6.07, 6.45) is 0. The second kappa shape index (κ2) is 7.70. The smallest absolute Gasteiger partial charge is 0.281 e. The lowest BCUT2D eigenvalue weighted by Gasteiger charge is -2.13. The van der Waals surface area contributed by atoms with Gasteiger partial charge < -0.3 is 23.7 Å². The van der Waals surface area contributed by atoms with E-state index in [2.05, 4.69) is 15.1 Å². The van der Waals surface area contributed by atoms with E-state index in [1.807, 2.05) is 0 Å². The molecule has 0 aliphatic heterocycles. The first-order chi connectivity index (χ1) is 14.6. The third kappa shape index (κ3) is 3.16. The lowest BCUT2D eigenvalue weighted by molar-refractivity contribution is 0.100. The molecule has 9 heteroatoms. The number of ether oxygens (including phenoxy) is 3. The zero-order valence-corrected chi connectivity index (χ0v) is 16.4. The van der Waals surface area contributed by atoms with Gasteiger partial charge in [-0.15, -0.1) is 0 Å². The lowest BCUT2D eigenvalue weighted by Crippen LogP contribution is -2.10. The van der Waals surface area contributed by atoms with Crippen molar-refractivity contribution in [1.29, 1.82) is 0 Å². The number of ketones is 1. The van der Waals surface area contributed by atoms with E-state index in [0.717, 1.165) is 0 Å². The van der Waals surface area contributed by atoms with Crippen LogP contribution in [0.15, 0.2) is 51.8 Å². The number of carbonyl (C=O) groups excluding carboxylic acids is 1. The molecule has 30 heavy (non-hydrogen) atoms. The number of H-pyrrole nitrogens is 1. The van der Waals surface area contributed by atoms with Crippen molar-refractivity contribution >= 4 is 16.8 Å². The highest BCUT2D eigenvalue weighted by atomic mass is 16.5. The van der Waals surface area contributed by atoms with Gasteiger partial charge in [0, 0.05) is 11.1 Å². The summed E-state index contributed by atoms with van der Waals surface area (Å²) in [5.74, 6) is 0.832. The van der Waals surface area contributed by atoms with Crippen molar-refractivity contribution in [3.63, 3.8) is 0 Å². The Morgan fingerprint density at radius 2 is 1.63 bits per heavy atom. The van der Waals surface area contributed by atoms with Crippen LogP contribution in [0.2, 0.25) is 0 Å². The fraction of sp³-hybridized carbons (Fsp3) is 0.143. The molecule has 0 fully saturated rings. The molecule has 9 nitrogen and oxygen atoms in total. The minimum absolute atomic E-state index is 0.0644. The third-order valence-corrected chi connectivity index (χ3v) is 4.52. The molecule has 0 amide bonds. The zero-order valence-electron chi connectivity index (χ0n) is 16.4. The van der Waals surface area contributed by atoms with Gasteiger partial charge in [-0.25, -0.2) is 4.98 Å². The first-order valence-corrected chi connectivity index (χ1v) is 8.87. The summed E-state index contributed by atoms with van der Waals surface area (Å²) < 4.78 is 21.2. The van der Waals surface area contributed by atoms with E-state index in [0.29, 0.717) is 28.4 Å². The van der Waals surface area contributed by atoms with E-state index in [9.17, 15) is 9.59 Å². The Labute approximate surface area is 170 Å². The summed E-state index contributed by atoms with van der Waals surface area (Å²) in [6.45, 7) is 0. The molecule has 4 rings (SSSR count). The molecule has 0 aliphatic rings. The van der Waals surface area contributed by atoms with Gasteiger partial charge in [-0.1, -0.05) is 35.5 Å². The van der Waals surface area contributed by atoms with Crippen molar-refractivity contribution in [3.8, 4) is 28.6 Å². The van der Waals surface area contributed by atoms with Crippen LogP contribution in [0.3, 0.4) is 0 Å². The van der Waals surface area contributed by atoms with Crippen molar-refractivity contribution in [2.75, 3.05) is 21.3 Å². The van der Waals surface area contributed by atoms with Gasteiger partial charge in [0.15, 0.2) is 17.0 Å². The van der Waals surface area contributed by atoms with Crippen molar-refractivity contribution < 1.29 is 23.5 Å². The average molecular weight is 407 g/mol. The Balaban J connectivity index is 1.90. The second-order valence-corrected chi connectivity index (χ2v) is 6.23. The molecule has 4 aromatic rings. The molecule has 0 aliphatic carbocycles. The highest BCUT2D eigenvalue weighted by molar-refractivity contribution is 6.13. The largest absolute Gasteiger partial charge is 0.493 e. The molecule has 2 heterocycles. The van der Waals surface area contributed by atoms with Crippen molar-refractivity contribution in [2.45, 2.75) is 0 Å². The van der Waals surface area contributed by atoms with Gasteiger partial charge in [-0.3, -0.25) is 9.59 Å². The van der Waals surface area contributed by atoms with Crippen LogP contribution in [0.1, 0.15) is 16.1 Å². The first-order valence-electron chi connectivity index (χ1n) is 8.87. The Bertz CT molecular complexity index is 1270. The number of aromatic amines is 1. The van der Waals surface area contributed by atoms with Gasteiger partial charge in [0.2, 0.25) is 17.3 Å². The quantitative estimate of drug-likeness (QED) is 0.485. The summed E-state index contributed by atoms with van der Waals surface area (Å²) >= 11 is 0. The number of benzene rings is 2. The molecule has 0 atom stereocenters. The maximum atomic E-state index is 12.8. The van der Waals surface area contributed by atoms with Crippen molar-refractivity contribution in [1.82, 2.24) is 15.1 Å². The number of nitrogens with zero attached hydrogens (tertiary/aromatic N) is 2. The number of hydrogen-bond donors (Lipinski definition) is 1. The Morgan fingerprint density at radius 3 is 2.23 bits per heavy atom. The summed E-state index contributed by atoms with van der Waals surface area (Å²) in [5.41, 5.74) is 0.344. The molecule has 0 saturated heterocycles. The van der Waals surface area contributed by atoms with E-state index in [4.69, 9.17) is 18.7 Å². The molecule has 2 aromatic heterocycles. The molecule has 0 saturated carbocycles. The topological polar surface area (TPSA) is 117 Å². The van der Waals surface area contributed by atoms with Gasteiger partial charge in [-0.05, 0) is 12.1 Å². The number of carbonyl (C=O) groups is 1. The fourth-order valence-electron chi connectivity index (χ4n) is 3.07. The highest BCUT2D eigenvalue weighted by Crippen LogP contribution is 2.40. The standard InChI is InChI=1S/C21H17N3O6/c1-27-13-9-12(10-14(28-2)18(13)29-3)20-22-15-16(21(26)23-20)24-30-19(15)17(25)11-7-5-4-6-8-11/h4-10H,1-3H3,(H,22,23,26). The number of methoxy groups -OCH3 is 3. The van der Waals surface area contributed by atoms with Crippen LogP contribution in [0, 0.1) is 0 Å². The Hall–Kier alpha value is -4.14.